The van der Waals surface area contributed by atoms with E-state index >= 15 is 0 Å². The SMILES string of the molecule is COc1ccc(C(=O)C2C(=O)C(=O)N(Cc3ccc[nH+]c3)C2c2ccc(F)cc2)cc1C. The molecule has 1 aliphatic rings. The Morgan fingerprint density at radius 1 is 1.12 bits per heavy atom. The van der Waals surface area contributed by atoms with Crippen molar-refractivity contribution in [3.63, 3.8) is 0 Å². The van der Waals surface area contributed by atoms with E-state index in [-0.39, 0.29) is 6.54 Å². The maximum Gasteiger partial charge on any atom is 0.291 e. The maximum atomic E-state index is 13.6. The molecule has 1 amide bonds. The molecule has 0 bridgehead atoms. The van der Waals surface area contributed by atoms with Crippen LogP contribution in [0.25, 0.3) is 0 Å². The molecule has 1 saturated heterocycles. The molecule has 1 fully saturated rings. The van der Waals surface area contributed by atoms with Crippen LogP contribution in [0.5, 0.6) is 5.75 Å². The molecule has 4 rings (SSSR count). The molecule has 0 spiro atoms. The molecule has 0 saturated carbocycles. The van der Waals surface area contributed by atoms with Crippen LogP contribution in [-0.2, 0) is 16.1 Å². The Morgan fingerprint density at radius 2 is 1.88 bits per heavy atom. The molecule has 2 unspecified atom stereocenters. The van der Waals surface area contributed by atoms with Gasteiger partial charge in [-0.15, -0.1) is 0 Å². The molecule has 3 aromatic rings. The number of carbonyl (C=O) groups excluding carboxylic acids is 3. The zero-order valence-corrected chi connectivity index (χ0v) is 17.7. The second-order valence-electron chi connectivity index (χ2n) is 7.73. The van der Waals surface area contributed by atoms with Crippen molar-refractivity contribution >= 4 is 17.5 Å². The maximum absolute atomic E-state index is 13.6. The molecular formula is C25H22FN2O4+. The van der Waals surface area contributed by atoms with Crippen molar-refractivity contribution in [3.05, 3.63) is 95.1 Å². The number of pyridine rings is 1. The highest BCUT2D eigenvalue weighted by molar-refractivity contribution is 6.44. The predicted octanol–water partition coefficient (Wildman–Crippen LogP) is 3.11. The number of H-pyrrole nitrogens is 1. The molecule has 1 aromatic heterocycles. The lowest BCUT2D eigenvalue weighted by molar-refractivity contribution is -0.378. The van der Waals surface area contributed by atoms with Crippen molar-refractivity contribution in [2.24, 2.45) is 5.92 Å². The van der Waals surface area contributed by atoms with Crippen molar-refractivity contribution in [2.45, 2.75) is 19.5 Å². The van der Waals surface area contributed by atoms with Crippen LogP contribution < -0.4 is 9.72 Å². The third kappa shape index (κ3) is 3.89. The van der Waals surface area contributed by atoms with E-state index in [1.165, 1.54) is 36.3 Å². The van der Waals surface area contributed by atoms with Gasteiger partial charge in [0, 0.05) is 17.2 Å². The average molecular weight is 433 g/mol. The highest BCUT2D eigenvalue weighted by Crippen LogP contribution is 2.39. The number of Topliss-reactive ketones (excluding diaryl/α,β-unsaturated/α-hetero) is 2. The third-order valence-electron chi connectivity index (χ3n) is 5.70. The molecule has 2 atom stereocenters. The zero-order chi connectivity index (χ0) is 22.8. The number of rotatable bonds is 6. The summed E-state index contributed by atoms with van der Waals surface area (Å²) in [6.45, 7) is 1.93. The second kappa shape index (κ2) is 8.70. The number of benzene rings is 2. The molecule has 2 aromatic carbocycles. The standard InChI is InChI=1S/C25H21FN2O4/c1-15-12-18(7-10-20(15)32-2)23(29)21-22(17-5-8-19(26)9-6-17)28(25(31)24(21)30)14-16-4-3-11-27-13-16/h3-13,21-22H,14H2,1-2H3/p+1. The number of nitrogens with one attached hydrogen (secondary N) is 1. The number of hydrogen-bond acceptors (Lipinski definition) is 4. The molecule has 32 heavy (non-hydrogen) atoms. The number of ketones is 2. The van der Waals surface area contributed by atoms with Crippen LogP contribution in [0.4, 0.5) is 4.39 Å². The highest BCUT2D eigenvalue weighted by atomic mass is 19.1. The Kier molecular flexibility index (Phi) is 5.81. The number of aryl methyl sites for hydroxylation is 1. The van der Waals surface area contributed by atoms with E-state index in [2.05, 4.69) is 4.98 Å². The fourth-order valence-electron chi connectivity index (χ4n) is 4.13. The Bertz CT molecular complexity index is 1180. The summed E-state index contributed by atoms with van der Waals surface area (Å²) < 4.78 is 18.8. The minimum Gasteiger partial charge on any atom is -0.496 e. The Labute approximate surface area is 184 Å². The average Bonchev–Trinajstić information content (AvgIpc) is 3.04. The molecule has 162 valence electrons. The third-order valence-corrected chi connectivity index (χ3v) is 5.70. The Hall–Kier alpha value is -3.87. The van der Waals surface area contributed by atoms with Crippen molar-refractivity contribution in [2.75, 3.05) is 7.11 Å². The van der Waals surface area contributed by atoms with Gasteiger partial charge in [-0.2, -0.15) is 0 Å². The van der Waals surface area contributed by atoms with Gasteiger partial charge in [0.25, 0.3) is 5.91 Å². The molecule has 2 heterocycles. The lowest BCUT2D eigenvalue weighted by Gasteiger charge is -2.27. The van der Waals surface area contributed by atoms with Crippen LogP contribution >= 0.6 is 0 Å². The first-order valence-corrected chi connectivity index (χ1v) is 10.1. The smallest absolute Gasteiger partial charge is 0.291 e. The fraction of sp³-hybridized carbons (Fsp3) is 0.200. The van der Waals surface area contributed by atoms with Crippen LogP contribution in [0.15, 0.2) is 67.0 Å². The van der Waals surface area contributed by atoms with Gasteiger partial charge in [0.1, 0.15) is 17.5 Å². The number of carbonyl (C=O) groups is 3. The first-order chi connectivity index (χ1) is 15.4. The normalized spacial score (nSPS) is 18.2. The Morgan fingerprint density at radius 3 is 2.50 bits per heavy atom. The summed E-state index contributed by atoms with van der Waals surface area (Å²) in [5.41, 5.74) is 2.35. The first kappa shape index (κ1) is 21.4. The monoisotopic (exact) mass is 433 g/mol. The molecular weight excluding hydrogens is 411 g/mol. The summed E-state index contributed by atoms with van der Waals surface area (Å²) in [5.74, 6) is -3.00. The summed E-state index contributed by atoms with van der Waals surface area (Å²) >= 11 is 0. The lowest BCUT2D eigenvalue weighted by atomic mass is 9.86. The summed E-state index contributed by atoms with van der Waals surface area (Å²) in [6.07, 6.45) is 3.46. The molecule has 0 aliphatic carbocycles. The zero-order valence-electron chi connectivity index (χ0n) is 17.7. The van der Waals surface area contributed by atoms with Gasteiger partial charge in [0.2, 0.25) is 5.78 Å². The quantitative estimate of drug-likeness (QED) is 0.340. The second-order valence-corrected chi connectivity index (χ2v) is 7.73. The topological polar surface area (TPSA) is 77.8 Å². The molecule has 1 aliphatic heterocycles. The van der Waals surface area contributed by atoms with Crippen molar-refractivity contribution in [1.82, 2.24) is 4.90 Å². The van der Waals surface area contributed by atoms with Gasteiger partial charge in [0.05, 0.1) is 19.7 Å². The van der Waals surface area contributed by atoms with Gasteiger partial charge in [0.15, 0.2) is 18.2 Å². The Balaban J connectivity index is 1.77. The molecule has 1 N–H and O–H groups in total. The van der Waals surface area contributed by atoms with Gasteiger partial charge >= 0.3 is 0 Å². The van der Waals surface area contributed by atoms with Crippen LogP contribution in [0.3, 0.4) is 0 Å². The first-order valence-electron chi connectivity index (χ1n) is 10.1. The number of halogens is 1. The van der Waals surface area contributed by atoms with E-state index in [0.29, 0.717) is 16.9 Å². The van der Waals surface area contributed by atoms with Crippen molar-refractivity contribution in [1.29, 1.82) is 0 Å². The van der Waals surface area contributed by atoms with Crippen LogP contribution in [0.1, 0.15) is 33.1 Å². The number of amides is 1. The van der Waals surface area contributed by atoms with E-state index in [1.54, 1.807) is 43.6 Å². The predicted molar refractivity (Wildman–Crippen MR) is 113 cm³/mol. The minimum atomic E-state index is -1.23. The number of methoxy groups -OCH3 is 1. The van der Waals surface area contributed by atoms with Crippen LogP contribution in [-0.4, -0.2) is 29.5 Å². The molecule has 7 heteroatoms. The molecule has 6 nitrogen and oxygen atoms in total. The van der Waals surface area contributed by atoms with Gasteiger partial charge in [-0.1, -0.05) is 12.1 Å². The number of nitrogens with zero attached hydrogens (tertiary/aromatic N) is 1. The minimum absolute atomic E-state index is 0.134. The number of likely N-dealkylation sites (tertiary alicyclic amines) is 1. The largest absolute Gasteiger partial charge is 0.496 e. The number of ether oxygens (including phenoxy) is 1. The van der Waals surface area contributed by atoms with Crippen LogP contribution in [0.2, 0.25) is 0 Å². The summed E-state index contributed by atoms with van der Waals surface area (Å²) in [4.78, 5) is 43.9. The van der Waals surface area contributed by atoms with Gasteiger partial charge in [-0.3, -0.25) is 14.4 Å². The van der Waals surface area contributed by atoms with E-state index < -0.39 is 35.3 Å². The van der Waals surface area contributed by atoms with E-state index in [9.17, 15) is 18.8 Å². The fourth-order valence-corrected chi connectivity index (χ4v) is 4.13. The van der Waals surface area contributed by atoms with Gasteiger partial charge < -0.3 is 9.64 Å². The van der Waals surface area contributed by atoms with Crippen molar-refractivity contribution < 1.29 is 28.5 Å². The number of aromatic nitrogens is 1. The summed E-state index contributed by atoms with van der Waals surface area (Å²) in [5, 5.41) is 0. The summed E-state index contributed by atoms with van der Waals surface area (Å²) in [7, 11) is 1.53. The van der Waals surface area contributed by atoms with Gasteiger partial charge in [-0.05, 0) is 54.4 Å². The lowest BCUT2D eigenvalue weighted by Crippen LogP contribution is -2.30. The van der Waals surface area contributed by atoms with Crippen LogP contribution in [0, 0.1) is 18.7 Å². The number of aromatic amines is 1. The highest BCUT2D eigenvalue weighted by Gasteiger charge is 2.51. The van der Waals surface area contributed by atoms with Crippen molar-refractivity contribution in [3.8, 4) is 5.75 Å². The summed E-state index contributed by atoms with van der Waals surface area (Å²) in [6, 6.07) is 13.2. The number of hydrogen-bond donors (Lipinski definition) is 0. The van der Waals surface area contributed by atoms with E-state index in [0.717, 1.165) is 11.1 Å². The van der Waals surface area contributed by atoms with E-state index in [1.807, 2.05) is 6.07 Å². The molecule has 0 radical (unpaired) electrons. The van der Waals surface area contributed by atoms with Gasteiger partial charge in [-0.25, -0.2) is 9.37 Å². The van der Waals surface area contributed by atoms with E-state index in [4.69, 9.17) is 4.74 Å².